The highest BCUT2D eigenvalue weighted by atomic mass is 32.2. The number of morpholine rings is 1. The predicted octanol–water partition coefficient (Wildman–Crippen LogP) is -0.626. The van der Waals surface area contributed by atoms with Crippen LogP contribution in [0, 0.1) is 0 Å². The summed E-state index contributed by atoms with van der Waals surface area (Å²) >= 11 is 0. The first-order valence-electron chi connectivity index (χ1n) is 6.28. The molecule has 1 heterocycles. The Hall–Kier alpha value is -1.35. The third-order valence-corrected chi connectivity index (χ3v) is 4.74. The highest BCUT2D eigenvalue weighted by Crippen LogP contribution is 2.28. The summed E-state index contributed by atoms with van der Waals surface area (Å²) in [4.78, 5) is 2.06. The van der Waals surface area contributed by atoms with Crippen LogP contribution in [0.4, 0.5) is 11.4 Å². The maximum Gasteiger partial charge on any atom is 0.240 e. The van der Waals surface area contributed by atoms with Gasteiger partial charge in [-0.1, -0.05) is 0 Å². The molecule has 0 amide bonds. The molecular formula is C12H19N3O4S. The number of rotatable bonds is 4. The lowest BCUT2D eigenvalue weighted by Gasteiger charge is -2.37. The first-order chi connectivity index (χ1) is 9.49. The molecule has 0 spiro atoms. The van der Waals surface area contributed by atoms with E-state index >= 15 is 0 Å². The van der Waals surface area contributed by atoms with Crippen LogP contribution >= 0.6 is 0 Å². The second kappa shape index (κ2) is 5.96. The van der Waals surface area contributed by atoms with Crippen LogP contribution in [0.5, 0.6) is 0 Å². The van der Waals surface area contributed by atoms with E-state index in [1.165, 1.54) is 19.2 Å². The summed E-state index contributed by atoms with van der Waals surface area (Å²) < 4.78 is 31.0. The van der Waals surface area contributed by atoms with Gasteiger partial charge in [-0.15, -0.1) is 0 Å². The van der Waals surface area contributed by atoms with Crippen molar-refractivity contribution in [3.05, 3.63) is 18.2 Å². The Kier molecular flexibility index (Phi) is 4.48. The first kappa shape index (κ1) is 15.0. The van der Waals surface area contributed by atoms with E-state index in [2.05, 4.69) is 4.72 Å². The van der Waals surface area contributed by atoms with Gasteiger partial charge in [-0.25, -0.2) is 13.1 Å². The zero-order valence-electron chi connectivity index (χ0n) is 11.2. The fourth-order valence-corrected chi connectivity index (χ4v) is 2.97. The van der Waals surface area contributed by atoms with Gasteiger partial charge in [0.1, 0.15) is 0 Å². The summed E-state index contributed by atoms with van der Waals surface area (Å²) in [5.74, 6) is 0. The number of ether oxygens (including phenoxy) is 1. The summed E-state index contributed by atoms with van der Waals surface area (Å²) in [7, 11) is -2.16. The van der Waals surface area contributed by atoms with Gasteiger partial charge in [0.05, 0.1) is 42.1 Å². The molecule has 1 aromatic rings. The minimum atomic E-state index is -3.51. The number of nitrogens with two attached hydrogens (primary N) is 1. The van der Waals surface area contributed by atoms with Crippen LogP contribution in [-0.2, 0) is 14.8 Å². The Morgan fingerprint density at radius 3 is 2.90 bits per heavy atom. The molecule has 20 heavy (non-hydrogen) atoms. The molecule has 1 unspecified atom stereocenters. The molecule has 1 aromatic carbocycles. The maximum atomic E-state index is 11.7. The van der Waals surface area contributed by atoms with Crippen LogP contribution in [0.2, 0.25) is 0 Å². The molecule has 1 aliphatic rings. The number of hydrogen-bond acceptors (Lipinski definition) is 6. The molecule has 8 heteroatoms. The Morgan fingerprint density at radius 2 is 2.30 bits per heavy atom. The molecule has 1 saturated heterocycles. The molecule has 0 radical (unpaired) electrons. The van der Waals surface area contributed by atoms with Gasteiger partial charge >= 0.3 is 0 Å². The van der Waals surface area contributed by atoms with E-state index in [0.717, 1.165) is 0 Å². The van der Waals surface area contributed by atoms with E-state index in [9.17, 15) is 13.5 Å². The van der Waals surface area contributed by atoms with E-state index in [1.54, 1.807) is 6.07 Å². The van der Waals surface area contributed by atoms with Crippen molar-refractivity contribution in [2.45, 2.75) is 10.9 Å². The average molecular weight is 301 g/mol. The number of nitrogen functional groups attached to an aromatic ring is 1. The number of benzene rings is 1. The average Bonchev–Trinajstić information content (AvgIpc) is 2.47. The fourth-order valence-electron chi connectivity index (χ4n) is 2.20. The van der Waals surface area contributed by atoms with Crippen LogP contribution < -0.4 is 15.4 Å². The summed E-state index contributed by atoms with van der Waals surface area (Å²) in [6, 6.07) is 4.41. The van der Waals surface area contributed by atoms with Gasteiger partial charge in [-0.05, 0) is 25.2 Å². The second-order valence-electron chi connectivity index (χ2n) is 4.53. The third kappa shape index (κ3) is 2.88. The second-order valence-corrected chi connectivity index (χ2v) is 6.42. The summed E-state index contributed by atoms with van der Waals surface area (Å²) in [6.07, 6.45) is 0. The number of hydrogen-bond donors (Lipinski definition) is 3. The monoisotopic (exact) mass is 301 g/mol. The van der Waals surface area contributed by atoms with Crippen LogP contribution in [0.25, 0.3) is 0 Å². The van der Waals surface area contributed by atoms with Crippen LogP contribution in [0.1, 0.15) is 0 Å². The maximum absolute atomic E-state index is 11.7. The quantitative estimate of drug-likeness (QED) is 0.640. The third-order valence-electron chi connectivity index (χ3n) is 3.33. The van der Waals surface area contributed by atoms with Crippen molar-refractivity contribution in [2.75, 3.05) is 44.0 Å². The van der Waals surface area contributed by atoms with Gasteiger partial charge in [-0.2, -0.15) is 0 Å². The largest absolute Gasteiger partial charge is 0.397 e. The fraction of sp³-hybridized carbons (Fsp3) is 0.500. The van der Waals surface area contributed by atoms with Gasteiger partial charge in [0.2, 0.25) is 10.0 Å². The molecule has 1 aliphatic heterocycles. The molecule has 4 N–H and O–H groups in total. The van der Waals surface area contributed by atoms with Gasteiger partial charge in [0.15, 0.2) is 0 Å². The number of nitrogens with zero attached hydrogens (tertiary/aromatic N) is 1. The SMILES string of the molecule is CNS(=O)(=O)c1ccc(N2CCOCC2CO)c(N)c1. The molecule has 7 nitrogen and oxygen atoms in total. The normalized spacial score (nSPS) is 20.1. The van der Waals surface area contributed by atoms with Crippen molar-refractivity contribution in [2.24, 2.45) is 0 Å². The summed E-state index contributed by atoms with van der Waals surface area (Å²) in [6.45, 7) is 1.53. The summed E-state index contributed by atoms with van der Waals surface area (Å²) in [5, 5.41) is 9.37. The van der Waals surface area contributed by atoms with Gasteiger partial charge < -0.3 is 20.5 Å². The van der Waals surface area contributed by atoms with E-state index in [0.29, 0.717) is 31.1 Å². The Morgan fingerprint density at radius 1 is 1.55 bits per heavy atom. The van der Waals surface area contributed by atoms with Crippen LogP contribution in [0.3, 0.4) is 0 Å². The van der Waals surface area contributed by atoms with E-state index in [1.807, 2.05) is 4.90 Å². The molecule has 2 rings (SSSR count). The van der Waals surface area contributed by atoms with Crippen molar-refractivity contribution in [1.82, 2.24) is 4.72 Å². The van der Waals surface area contributed by atoms with E-state index in [4.69, 9.17) is 10.5 Å². The summed E-state index contributed by atoms with van der Waals surface area (Å²) in [5.41, 5.74) is 7.04. The Balaban J connectivity index is 2.34. The molecule has 0 aromatic heterocycles. The molecule has 1 fully saturated rings. The van der Waals surface area contributed by atoms with Gasteiger partial charge in [0, 0.05) is 6.54 Å². The van der Waals surface area contributed by atoms with E-state index < -0.39 is 10.0 Å². The number of nitrogens with one attached hydrogen (secondary N) is 1. The molecule has 0 aliphatic carbocycles. The zero-order chi connectivity index (χ0) is 14.8. The highest BCUT2D eigenvalue weighted by Gasteiger charge is 2.24. The topological polar surface area (TPSA) is 105 Å². The van der Waals surface area contributed by atoms with Crippen LogP contribution in [-0.4, -0.2) is 53.0 Å². The van der Waals surface area contributed by atoms with Crippen molar-refractivity contribution in [3.63, 3.8) is 0 Å². The first-order valence-corrected chi connectivity index (χ1v) is 7.76. The van der Waals surface area contributed by atoms with Gasteiger partial charge in [0.25, 0.3) is 0 Å². The van der Waals surface area contributed by atoms with Crippen LogP contribution in [0.15, 0.2) is 23.1 Å². The standard InChI is InChI=1S/C12H19N3O4S/c1-14-20(17,18)10-2-3-12(11(13)6-10)15-4-5-19-8-9(15)7-16/h2-3,6,9,14,16H,4-5,7-8,13H2,1H3. The van der Waals surface area contributed by atoms with Crippen molar-refractivity contribution < 1.29 is 18.3 Å². The minimum Gasteiger partial charge on any atom is -0.397 e. The lowest BCUT2D eigenvalue weighted by molar-refractivity contribution is 0.0728. The van der Waals surface area contributed by atoms with Crippen molar-refractivity contribution in [1.29, 1.82) is 0 Å². The number of aliphatic hydroxyl groups is 1. The number of aliphatic hydroxyl groups excluding tert-OH is 1. The van der Waals surface area contributed by atoms with Crippen molar-refractivity contribution in [3.8, 4) is 0 Å². The van der Waals surface area contributed by atoms with Crippen molar-refractivity contribution >= 4 is 21.4 Å². The lowest BCUT2D eigenvalue weighted by Crippen LogP contribution is -2.47. The van der Waals surface area contributed by atoms with Gasteiger partial charge in [-0.3, -0.25) is 0 Å². The molecule has 0 saturated carbocycles. The van der Waals surface area contributed by atoms with E-state index in [-0.39, 0.29) is 17.5 Å². The number of sulfonamides is 1. The highest BCUT2D eigenvalue weighted by molar-refractivity contribution is 7.89. The Bertz CT molecular complexity index is 576. The zero-order valence-corrected chi connectivity index (χ0v) is 12.1. The molecule has 0 bridgehead atoms. The number of anilines is 2. The molecule has 112 valence electrons. The minimum absolute atomic E-state index is 0.0456. The Labute approximate surface area is 118 Å². The predicted molar refractivity (Wildman–Crippen MR) is 76.1 cm³/mol. The lowest BCUT2D eigenvalue weighted by atomic mass is 10.1. The molecular weight excluding hydrogens is 282 g/mol. The smallest absolute Gasteiger partial charge is 0.240 e. The molecule has 1 atom stereocenters.